The summed E-state index contributed by atoms with van der Waals surface area (Å²) >= 11 is 0. The van der Waals surface area contributed by atoms with Crippen LogP contribution in [-0.2, 0) is 6.54 Å². The molecule has 0 unspecified atom stereocenters. The van der Waals surface area contributed by atoms with Gasteiger partial charge in [0.2, 0.25) is 5.95 Å². The van der Waals surface area contributed by atoms with E-state index < -0.39 is 0 Å². The molecule has 0 spiro atoms. The average Bonchev–Trinajstić information content (AvgIpc) is 2.55. The van der Waals surface area contributed by atoms with Crippen LogP contribution in [0.1, 0.15) is 37.7 Å². The fourth-order valence-electron chi connectivity index (χ4n) is 2.76. The Morgan fingerprint density at radius 2 is 1.86 bits per heavy atom. The smallest absolute Gasteiger partial charge is 0.230 e. The Hall–Kier alpha value is -2.01. The molecule has 1 aliphatic rings. The van der Waals surface area contributed by atoms with Crippen molar-refractivity contribution in [3.8, 4) is 0 Å². The highest BCUT2D eigenvalue weighted by Gasteiger charge is 2.12. The predicted molar refractivity (Wildman–Crippen MR) is 83.3 cm³/mol. The van der Waals surface area contributed by atoms with Crippen molar-refractivity contribution in [2.24, 2.45) is 0 Å². The highest BCUT2D eigenvalue weighted by atomic mass is 15.1. The van der Waals surface area contributed by atoms with Gasteiger partial charge >= 0.3 is 0 Å². The molecule has 2 N–H and O–H groups in total. The summed E-state index contributed by atoms with van der Waals surface area (Å²) in [4.78, 5) is 12.0. The molecule has 1 aromatic carbocycles. The van der Waals surface area contributed by atoms with Gasteiger partial charge in [0.05, 0.1) is 0 Å². The van der Waals surface area contributed by atoms with E-state index >= 15 is 0 Å². The molecule has 1 heterocycles. The van der Waals surface area contributed by atoms with Gasteiger partial charge in [-0.25, -0.2) is 15.0 Å². The van der Waals surface area contributed by atoms with Gasteiger partial charge in [0, 0.05) is 18.3 Å². The third-order valence-corrected chi connectivity index (χ3v) is 3.88. The molecule has 0 atom stereocenters. The van der Waals surface area contributed by atoms with E-state index in [0.29, 0.717) is 12.0 Å². The van der Waals surface area contributed by atoms with E-state index in [1.54, 1.807) is 0 Å². The largest absolute Gasteiger partial charge is 0.324 e. The molecule has 21 heavy (non-hydrogen) atoms. The Bertz CT molecular complexity index is 552. The quantitative estimate of drug-likeness (QED) is 0.883. The summed E-state index contributed by atoms with van der Waals surface area (Å²) in [6.45, 7) is 0.914. The monoisotopic (exact) mass is 283 g/mol. The molecule has 0 saturated heterocycles. The number of nitrogens with zero attached hydrogens (tertiary/aromatic N) is 3. The lowest BCUT2D eigenvalue weighted by molar-refractivity contribution is 0.372. The van der Waals surface area contributed by atoms with Gasteiger partial charge in [0.1, 0.15) is 12.7 Å². The van der Waals surface area contributed by atoms with E-state index in [9.17, 15) is 0 Å². The van der Waals surface area contributed by atoms with Crippen molar-refractivity contribution in [1.29, 1.82) is 0 Å². The van der Waals surface area contributed by atoms with Crippen LogP contribution in [-0.4, -0.2) is 21.0 Å². The average molecular weight is 283 g/mol. The fourth-order valence-corrected chi connectivity index (χ4v) is 2.76. The van der Waals surface area contributed by atoms with E-state index in [2.05, 4.69) is 43.8 Å². The molecule has 1 saturated carbocycles. The molecule has 5 nitrogen and oxygen atoms in total. The van der Waals surface area contributed by atoms with Crippen LogP contribution in [0.5, 0.6) is 0 Å². The SMILES string of the molecule is c1cc(CNC2CCCCC2)cc(Nc2ncncn2)c1. The first-order chi connectivity index (χ1) is 10.4. The van der Waals surface area contributed by atoms with Crippen LogP contribution in [0.3, 0.4) is 0 Å². The fraction of sp³-hybridized carbons (Fsp3) is 0.438. The first kappa shape index (κ1) is 13.9. The minimum absolute atomic E-state index is 0.572. The third-order valence-electron chi connectivity index (χ3n) is 3.88. The van der Waals surface area contributed by atoms with Gasteiger partial charge in [-0.1, -0.05) is 31.4 Å². The first-order valence-electron chi connectivity index (χ1n) is 7.61. The molecule has 0 amide bonds. The summed E-state index contributed by atoms with van der Waals surface area (Å²) in [5, 5.41) is 6.85. The second-order valence-corrected chi connectivity index (χ2v) is 5.50. The van der Waals surface area contributed by atoms with Crippen molar-refractivity contribution < 1.29 is 0 Å². The van der Waals surface area contributed by atoms with Gasteiger partial charge in [-0.05, 0) is 30.5 Å². The van der Waals surface area contributed by atoms with E-state index in [-0.39, 0.29) is 0 Å². The van der Waals surface area contributed by atoms with Crippen molar-refractivity contribution in [3.63, 3.8) is 0 Å². The molecule has 1 fully saturated rings. The summed E-state index contributed by atoms with van der Waals surface area (Å²) in [5.41, 5.74) is 2.28. The van der Waals surface area contributed by atoms with Gasteiger partial charge in [-0.2, -0.15) is 0 Å². The topological polar surface area (TPSA) is 62.7 Å². The van der Waals surface area contributed by atoms with E-state index in [4.69, 9.17) is 0 Å². The van der Waals surface area contributed by atoms with Crippen LogP contribution in [0.4, 0.5) is 11.6 Å². The van der Waals surface area contributed by atoms with Gasteiger partial charge in [-0.15, -0.1) is 0 Å². The third kappa shape index (κ3) is 4.23. The van der Waals surface area contributed by atoms with E-state index in [1.807, 2.05) is 6.07 Å². The number of aromatic nitrogens is 3. The van der Waals surface area contributed by atoms with Crippen molar-refractivity contribution in [2.45, 2.75) is 44.7 Å². The lowest BCUT2D eigenvalue weighted by Gasteiger charge is -2.23. The van der Waals surface area contributed by atoms with Gasteiger partial charge in [0.25, 0.3) is 0 Å². The van der Waals surface area contributed by atoms with Crippen LogP contribution in [0.15, 0.2) is 36.9 Å². The van der Waals surface area contributed by atoms with Gasteiger partial charge in [0.15, 0.2) is 0 Å². The van der Waals surface area contributed by atoms with Crippen LogP contribution >= 0.6 is 0 Å². The highest BCUT2D eigenvalue weighted by molar-refractivity contribution is 5.53. The van der Waals surface area contributed by atoms with Gasteiger partial charge < -0.3 is 10.6 Å². The lowest BCUT2D eigenvalue weighted by Crippen LogP contribution is -2.30. The summed E-state index contributed by atoms with van der Waals surface area (Å²) in [5.74, 6) is 0.572. The minimum atomic E-state index is 0.572. The Morgan fingerprint density at radius 3 is 2.67 bits per heavy atom. The number of anilines is 2. The maximum atomic E-state index is 4.07. The molecule has 0 bridgehead atoms. The molecule has 2 aromatic rings. The molecular formula is C16H21N5. The van der Waals surface area contributed by atoms with Gasteiger partial charge in [-0.3, -0.25) is 0 Å². The van der Waals surface area contributed by atoms with E-state index in [0.717, 1.165) is 12.2 Å². The summed E-state index contributed by atoms with van der Waals surface area (Å²) in [6.07, 6.45) is 9.71. The minimum Gasteiger partial charge on any atom is -0.324 e. The molecule has 0 aliphatic heterocycles. The summed E-state index contributed by atoms with van der Waals surface area (Å²) in [7, 11) is 0. The molecule has 1 aliphatic carbocycles. The maximum Gasteiger partial charge on any atom is 0.230 e. The molecule has 3 rings (SSSR count). The standard InChI is InChI=1S/C16H21N5/c1-2-6-14(7-3-1)18-10-13-5-4-8-15(9-13)21-16-19-11-17-12-20-16/h4-5,8-9,11-12,14,18H,1-3,6-7,10H2,(H,17,19,20,21). The molecule has 110 valence electrons. The first-order valence-corrected chi connectivity index (χ1v) is 7.61. The number of hydrogen-bond donors (Lipinski definition) is 2. The Balaban J connectivity index is 1.57. The normalized spacial score (nSPS) is 15.8. The van der Waals surface area contributed by atoms with E-state index in [1.165, 1.54) is 50.3 Å². The Kier molecular flexibility index (Phi) is 4.74. The molecule has 5 heteroatoms. The molecular weight excluding hydrogens is 262 g/mol. The molecule has 0 radical (unpaired) electrons. The lowest BCUT2D eigenvalue weighted by atomic mass is 9.95. The zero-order valence-electron chi connectivity index (χ0n) is 12.1. The Morgan fingerprint density at radius 1 is 1.05 bits per heavy atom. The summed E-state index contributed by atoms with van der Waals surface area (Å²) in [6, 6.07) is 9.04. The number of rotatable bonds is 5. The number of hydrogen-bond acceptors (Lipinski definition) is 5. The van der Waals surface area contributed by atoms with Crippen molar-refractivity contribution in [2.75, 3.05) is 5.32 Å². The van der Waals surface area contributed by atoms with Crippen LogP contribution in [0.2, 0.25) is 0 Å². The van der Waals surface area contributed by atoms with Crippen molar-refractivity contribution in [1.82, 2.24) is 20.3 Å². The van der Waals surface area contributed by atoms with Crippen molar-refractivity contribution in [3.05, 3.63) is 42.5 Å². The Labute approximate surface area is 125 Å². The number of benzene rings is 1. The maximum absolute atomic E-state index is 4.07. The van der Waals surface area contributed by atoms with Crippen molar-refractivity contribution >= 4 is 11.6 Å². The molecule has 1 aromatic heterocycles. The zero-order chi connectivity index (χ0) is 14.3. The van der Waals surface area contributed by atoms with Crippen LogP contribution in [0.25, 0.3) is 0 Å². The van der Waals surface area contributed by atoms with Crippen LogP contribution in [0, 0.1) is 0 Å². The second kappa shape index (κ2) is 7.13. The summed E-state index contributed by atoms with van der Waals surface area (Å²) < 4.78 is 0. The second-order valence-electron chi connectivity index (χ2n) is 5.50. The zero-order valence-corrected chi connectivity index (χ0v) is 12.1. The number of nitrogens with one attached hydrogen (secondary N) is 2. The highest BCUT2D eigenvalue weighted by Crippen LogP contribution is 2.19. The van der Waals surface area contributed by atoms with Crippen LogP contribution < -0.4 is 10.6 Å². The predicted octanol–water partition coefficient (Wildman–Crippen LogP) is 3.04.